The molecule has 0 spiro atoms. The molecular formula is C13H27NO. The Morgan fingerprint density at radius 3 is 1.93 bits per heavy atom. The Labute approximate surface area is 94.2 Å². The summed E-state index contributed by atoms with van der Waals surface area (Å²) in [5, 5.41) is 10.9. The number of hydrogen-bond donors (Lipinski definition) is 2. The number of hydrogen-bond acceptors (Lipinski definition) is 2. The quantitative estimate of drug-likeness (QED) is 0.712. The zero-order valence-corrected chi connectivity index (χ0v) is 10.4. The molecule has 0 aromatic carbocycles. The maximum Gasteiger partial charge on any atom is 0.0715 e. The SMILES string of the molecule is CCCC(O)(CCC)C1(CN)CCCC1. The van der Waals surface area contributed by atoms with E-state index in [1.54, 1.807) is 0 Å². The van der Waals surface area contributed by atoms with Gasteiger partial charge in [-0.05, 0) is 25.7 Å². The molecule has 0 aromatic rings. The van der Waals surface area contributed by atoms with Gasteiger partial charge in [0.2, 0.25) is 0 Å². The van der Waals surface area contributed by atoms with Crippen molar-refractivity contribution in [1.82, 2.24) is 0 Å². The van der Waals surface area contributed by atoms with Gasteiger partial charge >= 0.3 is 0 Å². The molecule has 1 rings (SSSR count). The van der Waals surface area contributed by atoms with Crippen LogP contribution in [-0.2, 0) is 0 Å². The van der Waals surface area contributed by atoms with Crippen LogP contribution in [0.3, 0.4) is 0 Å². The molecule has 1 fully saturated rings. The monoisotopic (exact) mass is 213 g/mol. The Kier molecular flexibility index (Phi) is 4.60. The third-order valence-corrected chi connectivity index (χ3v) is 4.27. The molecule has 0 radical (unpaired) electrons. The van der Waals surface area contributed by atoms with Crippen LogP contribution >= 0.6 is 0 Å². The van der Waals surface area contributed by atoms with Crippen molar-refractivity contribution >= 4 is 0 Å². The van der Waals surface area contributed by atoms with Crippen LogP contribution in [0.15, 0.2) is 0 Å². The van der Waals surface area contributed by atoms with E-state index in [1.807, 2.05) is 0 Å². The van der Waals surface area contributed by atoms with Gasteiger partial charge in [-0.25, -0.2) is 0 Å². The Morgan fingerprint density at radius 2 is 1.60 bits per heavy atom. The lowest BCUT2D eigenvalue weighted by molar-refractivity contribution is -0.0916. The van der Waals surface area contributed by atoms with Crippen molar-refractivity contribution in [2.45, 2.75) is 70.8 Å². The minimum Gasteiger partial charge on any atom is -0.389 e. The van der Waals surface area contributed by atoms with Crippen molar-refractivity contribution in [2.24, 2.45) is 11.1 Å². The first-order valence-electron chi connectivity index (χ1n) is 6.56. The van der Waals surface area contributed by atoms with Gasteiger partial charge in [0.15, 0.2) is 0 Å². The van der Waals surface area contributed by atoms with Crippen molar-refractivity contribution in [1.29, 1.82) is 0 Å². The van der Waals surface area contributed by atoms with Gasteiger partial charge < -0.3 is 10.8 Å². The summed E-state index contributed by atoms with van der Waals surface area (Å²) in [6, 6.07) is 0. The molecule has 2 nitrogen and oxygen atoms in total. The van der Waals surface area contributed by atoms with E-state index in [9.17, 15) is 5.11 Å². The second-order valence-electron chi connectivity index (χ2n) is 5.22. The Morgan fingerprint density at radius 1 is 1.13 bits per heavy atom. The standard InChI is InChI=1S/C13H27NO/c1-3-7-13(15,8-4-2)12(11-14)9-5-6-10-12/h15H,3-11,14H2,1-2H3. The first-order chi connectivity index (χ1) is 7.14. The second kappa shape index (κ2) is 5.31. The molecular weight excluding hydrogens is 186 g/mol. The molecule has 0 atom stereocenters. The van der Waals surface area contributed by atoms with E-state index in [0.717, 1.165) is 38.5 Å². The van der Waals surface area contributed by atoms with Crippen molar-refractivity contribution in [2.75, 3.05) is 6.54 Å². The van der Waals surface area contributed by atoms with E-state index in [4.69, 9.17) is 5.73 Å². The molecule has 15 heavy (non-hydrogen) atoms. The predicted molar refractivity (Wildman–Crippen MR) is 64.7 cm³/mol. The minimum atomic E-state index is -0.498. The van der Waals surface area contributed by atoms with Gasteiger partial charge in [-0.3, -0.25) is 0 Å². The Bertz CT molecular complexity index is 179. The van der Waals surface area contributed by atoms with Crippen LogP contribution in [0.5, 0.6) is 0 Å². The first kappa shape index (κ1) is 13.0. The minimum absolute atomic E-state index is 0.0268. The molecule has 90 valence electrons. The fraction of sp³-hybridized carbons (Fsp3) is 1.00. The summed E-state index contributed by atoms with van der Waals surface area (Å²) in [4.78, 5) is 0. The van der Waals surface area contributed by atoms with Crippen molar-refractivity contribution < 1.29 is 5.11 Å². The van der Waals surface area contributed by atoms with E-state index in [0.29, 0.717) is 6.54 Å². The fourth-order valence-corrected chi connectivity index (χ4v) is 3.39. The average Bonchev–Trinajstić information content (AvgIpc) is 2.68. The van der Waals surface area contributed by atoms with Crippen molar-refractivity contribution in [3.8, 4) is 0 Å². The van der Waals surface area contributed by atoms with Crippen LogP contribution < -0.4 is 5.73 Å². The van der Waals surface area contributed by atoms with Gasteiger partial charge in [0.25, 0.3) is 0 Å². The maximum absolute atomic E-state index is 10.9. The van der Waals surface area contributed by atoms with E-state index >= 15 is 0 Å². The highest BCUT2D eigenvalue weighted by molar-refractivity contribution is 5.01. The second-order valence-corrected chi connectivity index (χ2v) is 5.22. The van der Waals surface area contributed by atoms with Crippen molar-refractivity contribution in [3.63, 3.8) is 0 Å². The van der Waals surface area contributed by atoms with Crippen LogP contribution in [0.1, 0.15) is 65.2 Å². The molecule has 0 unspecified atom stereocenters. The lowest BCUT2D eigenvalue weighted by Gasteiger charge is -2.45. The van der Waals surface area contributed by atoms with Crippen LogP contribution in [-0.4, -0.2) is 17.3 Å². The third kappa shape index (κ3) is 2.36. The van der Waals surface area contributed by atoms with Crippen LogP contribution in [0, 0.1) is 5.41 Å². The summed E-state index contributed by atoms with van der Waals surface area (Å²) in [6.45, 7) is 4.96. The number of aliphatic hydroxyl groups is 1. The van der Waals surface area contributed by atoms with Gasteiger partial charge in [0.1, 0.15) is 0 Å². The molecule has 0 saturated heterocycles. The summed E-state index contributed by atoms with van der Waals surface area (Å²) < 4.78 is 0. The molecule has 0 bridgehead atoms. The van der Waals surface area contributed by atoms with Crippen LogP contribution in [0.25, 0.3) is 0 Å². The molecule has 1 saturated carbocycles. The number of rotatable bonds is 6. The van der Waals surface area contributed by atoms with Crippen molar-refractivity contribution in [3.05, 3.63) is 0 Å². The topological polar surface area (TPSA) is 46.2 Å². The molecule has 1 aliphatic carbocycles. The highest BCUT2D eigenvalue weighted by Gasteiger charge is 2.49. The smallest absolute Gasteiger partial charge is 0.0715 e. The van der Waals surface area contributed by atoms with E-state index in [2.05, 4.69) is 13.8 Å². The number of nitrogens with two attached hydrogens (primary N) is 1. The van der Waals surface area contributed by atoms with Gasteiger partial charge in [-0.15, -0.1) is 0 Å². The zero-order chi connectivity index (χ0) is 11.4. The lowest BCUT2D eigenvalue weighted by atomic mass is 9.66. The van der Waals surface area contributed by atoms with Gasteiger partial charge in [-0.1, -0.05) is 39.5 Å². The van der Waals surface area contributed by atoms with Crippen LogP contribution in [0.4, 0.5) is 0 Å². The Balaban J connectivity index is 2.83. The fourth-order valence-electron chi connectivity index (χ4n) is 3.39. The predicted octanol–water partition coefficient (Wildman–Crippen LogP) is 2.84. The molecule has 2 heteroatoms. The largest absolute Gasteiger partial charge is 0.389 e. The Hall–Kier alpha value is -0.0800. The zero-order valence-electron chi connectivity index (χ0n) is 10.4. The van der Waals surface area contributed by atoms with E-state index in [-0.39, 0.29) is 5.41 Å². The summed E-state index contributed by atoms with van der Waals surface area (Å²) in [5.74, 6) is 0. The summed E-state index contributed by atoms with van der Waals surface area (Å²) in [6.07, 6.45) is 8.67. The van der Waals surface area contributed by atoms with Gasteiger partial charge in [0, 0.05) is 12.0 Å². The normalized spacial score (nSPS) is 20.8. The molecule has 1 aliphatic rings. The summed E-state index contributed by atoms with van der Waals surface area (Å²) in [5.41, 5.74) is 5.48. The highest BCUT2D eigenvalue weighted by atomic mass is 16.3. The molecule has 3 N–H and O–H groups in total. The first-order valence-corrected chi connectivity index (χ1v) is 6.56. The summed E-state index contributed by atoms with van der Waals surface area (Å²) in [7, 11) is 0. The molecule has 0 aliphatic heterocycles. The van der Waals surface area contributed by atoms with Crippen LogP contribution in [0.2, 0.25) is 0 Å². The van der Waals surface area contributed by atoms with Gasteiger partial charge in [0.05, 0.1) is 5.60 Å². The van der Waals surface area contributed by atoms with Gasteiger partial charge in [-0.2, -0.15) is 0 Å². The highest BCUT2D eigenvalue weighted by Crippen LogP contribution is 2.49. The molecule has 0 amide bonds. The molecule has 0 aromatic heterocycles. The average molecular weight is 213 g/mol. The summed E-state index contributed by atoms with van der Waals surface area (Å²) >= 11 is 0. The van der Waals surface area contributed by atoms with E-state index < -0.39 is 5.60 Å². The third-order valence-electron chi connectivity index (χ3n) is 4.27. The molecule has 0 heterocycles. The van der Waals surface area contributed by atoms with E-state index in [1.165, 1.54) is 12.8 Å². The maximum atomic E-state index is 10.9. The lowest BCUT2D eigenvalue weighted by Crippen LogP contribution is -2.51.